The molecule has 4 heteroatoms. The first-order valence-electron chi connectivity index (χ1n) is 5.16. The summed E-state index contributed by atoms with van der Waals surface area (Å²) in [7, 11) is 1.93. The van der Waals surface area contributed by atoms with Crippen molar-refractivity contribution in [1.82, 2.24) is 10.5 Å². The highest BCUT2D eigenvalue weighted by Gasteiger charge is 2.11. The van der Waals surface area contributed by atoms with Crippen molar-refractivity contribution in [2.24, 2.45) is 0 Å². The van der Waals surface area contributed by atoms with Gasteiger partial charge in [-0.1, -0.05) is 39.3 Å². The molecule has 0 aliphatic carbocycles. The Labute approximate surface area is 103 Å². The van der Waals surface area contributed by atoms with E-state index in [1.165, 1.54) is 0 Å². The monoisotopic (exact) mass is 280 g/mol. The zero-order valence-corrected chi connectivity index (χ0v) is 10.6. The summed E-state index contributed by atoms with van der Waals surface area (Å²) in [5, 5.41) is 6.97. The van der Waals surface area contributed by atoms with Crippen LogP contribution in [0.4, 0.5) is 0 Å². The summed E-state index contributed by atoms with van der Waals surface area (Å²) in [6, 6.07) is 8.08. The summed E-state index contributed by atoms with van der Waals surface area (Å²) >= 11 is 3.53. The van der Waals surface area contributed by atoms with E-state index in [9.17, 15) is 0 Å². The Morgan fingerprint density at radius 2 is 2.12 bits per heavy atom. The van der Waals surface area contributed by atoms with Crippen LogP contribution in [0.1, 0.15) is 5.76 Å². The molecule has 1 aromatic heterocycles. The van der Waals surface area contributed by atoms with E-state index in [0.717, 1.165) is 34.3 Å². The van der Waals surface area contributed by atoms with Crippen LogP contribution in [-0.4, -0.2) is 18.7 Å². The molecular formula is C12H13BrN2O. The summed E-state index contributed by atoms with van der Waals surface area (Å²) in [4.78, 5) is 0. The normalized spacial score (nSPS) is 10.6. The third-order valence-corrected chi connectivity index (χ3v) is 3.10. The second-order valence-corrected chi connectivity index (χ2v) is 4.35. The van der Waals surface area contributed by atoms with Gasteiger partial charge in [-0.25, -0.2) is 0 Å². The number of likely N-dealkylation sites (N-methyl/N-ethyl adjacent to an activating group) is 1. The molecule has 16 heavy (non-hydrogen) atoms. The lowest BCUT2D eigenvalue weighted by Crippen LogP contribution is -2.10. The molecule has 0 saturated carbocycles. The zero-order valence-electron chi connectivity index (χ0n) is 9.03. The Bertz CT molecular complexity index is 468. The lowest BCUT2D eigenvalue weighted by molar-refractivity contribution is 0.382. The van der Waals surface area contributed by atoms with E-state index in [2.05, 4.69) is 32.5 Å². The lowest BCUT2D eigenvalue weighted by atomic mass is 10.1. The van der Waals surface area contributed by atoms with E-state index in [1.54, 1.807) is 6.20 Å². The van der Waals surface area contributed by atoms with Crippen molar-refractivity contribution < 1.29 is 4.52 Å². The fourth-order valence-electron chi connectivity index (χ4n) is 1.58. The van der Waals surface area contributed by atoms with Crippen LogP contribution in [0.2, 0.25) is 0 Å². The second kappa shape index (κ2) is 5.27. The molecular weight excluding hydrogens is 268 g/mol. The molecule has 1 heterocycles. The van der Waals surface area contributed by atoms with Crippen LogP contribution in [-0.2, 0) is 6.42 Å². The molecule has 0 aliphatic heterocycles. The third-order valence-electron chi connectivity index (χ3n) is 2.41. The molecule has 0 unspecified atom stereocenters. The van der Waals surface area contributed by atoms with Crippen LogP contribution >= 0.6 is 15.9 Å². The Morgan fingerprint density at radius 1 is 1.31 bits per heavy atom. The Hall–Kier alpha value is -1.13. The standard InChI is InChI=1S/C12H13BrN2O/c1-14-7-6-12-10(8-15-16-12)9-4-2-3-5-11(9)13/h2-5,8,14H,6-7H2,1H3. The van der Waals surface area contributed by atoms with Crippen molar-refractivity contribution in [3.63, 3.8) is 0 Å². The highest BCUT2D eigenvalue weighted by Crippen LogP contribution is 2.30. The maximum absolute atomic E-state index is 5.27. The maximum atomic E-state index is 5.27. The van der Waals surface area contributed by atoms with E-state index in [1.807, 2.05) is 25.2 Å². The zero-order chi connectivity index (χ0) is 11.4. The van der Waals surface area contributed by atoms with Crippen LogP contribution in [0.25, 0.3) is 11.1 Å². The summed E-state index contributed by atoms with van der Waals surface area (Å²) in [6.07, 6.45) is 2.61. The van der Waals surface area contributed by atoms with E-state index in [4.69, 9.17) is 4.52 Å². The number of nitrogens with zero attached hydrogens (tertiary/aromatic N) is 1. The molecule has 3 nitrogen and oxygen atoms in total. The molecule has 0 saturated heterocycles. The van der Waals surface area contributed by atoms with Gasteiger partial charge in [0.15, 0.2) is 0 Å². The lowest BCUT2D eigenvalue weighted by Gasteiger charge is -2.03. The van der Waals surface area contributed by atoms with Crippen LogP contribution in [0.15, 0.2) is 39.5 Å². The molecule has 1 N–H and O–H groups in total. The van der Waals surface area contributed by atoms with Crippen molar-refractivity contribution in [2.45, 2.75) is 6.42 Å². The number of nitrogens with one attached hydrogen (secondary N) is 1. The number of aromatic nitrogens is 1. The molecule has 1 aromatic carbocycles. The van der Waals surface area contributed by atoms with E-state index in [-0.39, 0.29) is 0 Å². The van der Waals surface area contributed by atoms with E-state index < -0.39 is 0 Å². The minimum atomic E-state index is 0.840. The van der Waals surface area contributed by atoms with Crippen LogP contribution < -0.4 is 5.32 Å². The van der Waals surface area contributed by atoms with Gasteiger partial charge >= 0.3 is 0 Å². The van der Waals surface area contributed by atoms with Gasteiger partial charge in [-0.05, 0) is 13.1 Å². The fourth-order valence-corrected chi connectivity index (χ4v) is 2.08. The predicted octanol–water partition coefficient (Wildman–Crippen LogP) is 2.87. The summed E-state index contributed by atoms with van der Waals surface area (Å²) in [5.74, 6) is 0.918. The SMILES string of the molecule is CNCCc1oncc1-c1ccccc1Br. The largest absolute Gasteiger partial charge is 0.361 e. The number of hydrogen-bond acceptors (Lipinski definition) is 3. The quantitative estimate of drug-likeness (QED) is 0.936. The van der Waals surface area contributed by atoms with E-state index >= 15 is 0 Å². The molecule has 0 radical (unpaired) electrons. The fraction of sp³-hybridized carbons (Fsp3) is 0.250. The first-order valence-corrected chi connectivity index (χ1v) is 5.95. The highest BCUT2D eigenvalue weighted by molar-refractivity contribution is 9.10. The number of rotatable bonds is 4. The van der Waals surface area contributed by atoms with E-state index in [0.29, 0.717) is 0 Å². The third kappa shape index (κ3) is 2.33. The van der Waals surface area contributed by atoms with Crippen LogP contribution in [0.5, 0.6) is 0 Å². The summed E-state index contributed by atoms with van der Waals surface area (Å²) < 4.78 is 6.32. The van der Waals surface area contributed by atoms with Gasteiger partial charge in [-0.3, -0.25) is 0 Å². The highest BCUT2D eigenvalue weighted by atomic mass is 79.9. The first kappa shape index (κ1) is 11.4. The van der Waals surface area contributed by atoms with Gasteiger partial charge in [0.25, 0.3) is 0 Å². The molecule has 0 bridgehead atoms. The summed E-state index contributed by atoms with van der Waals surface area (Å²) in [5.41, 5.74) is 2.18. The Morgan fingerprint density at radius 3 is 2.88 bits per heavy atom. The van der Waals surface area contributed by atoms with Gasteiger partial charge in [-0.2, -0.15) is 0 Å². The first-order chi connectivity index (χ1) is 7.83. The number of hydrogen-bond donors (Lipinski definition) is 1. The van der Waals surface area contributed by atoms with Gasteiger partial charge < -0.3 is 9.84 Å². The minimum absolute atomic E-state index is 0.840. The van der Waals surface area contributed by atoms with Gasteiger partial charge in [0.2, 0.25) is 0 Å². The van der Waals surface area contributed by atoms with Crippen LogP contribution in [0, 0.1) is 0 Å². The van der Waals surface area contributed by atoms with Gasteiger partial charge in [0.1, 0.15) is 5.76 Å². The Kier molecular flexibility index (Phi) is 3.74. The number of halogens is 1. The molecule has 0 amide bonds. The maximum Gasteiger partial charge on any atom is 0.145 e. The van der Waals surface area contributed by atoms with Gasteiger partial charge in [0.05, 0.1) is 6.20 Å². The predicted molar refractivity (Wildman–Crippen MR) is 67.3 cm³/mol. The molecule has 0 aliphatic rings. The van der Waals surface area contributed by atoms with Crippen molar-refractivity contribution in [2.75, 3.05) is 13.6 Å². The van der Waals surface area contributed by atoms with Crippen LogP contribution in [0.3, 0.4) is 0 Å². The van der Waals surface area contributed by atoms with Gasteiger partial charge in [-0.15, -0.1) is 0 Å². The molecule has 2 rings (SSSR count). The van der Waals surface area contributed by atoms with Gasteiger partial charge in [0, 0.05) is 28.6 Å². The second-order valence-electron chi connectivity index (χ2n) is 3.50. The smallest absolute Gasteiger partial charge is 0.145 e. The minimum Gasteiger partial charge on any atom is -0.361 e. The van der Waals surface area contributed by atoms with Crippen molar-refractivity contribution in [3.05, 3.63) is 40.7 Å². The topological polar surface area (TPSA) is 38.1 Å². The summed E-state index contributed by atoms with van der Waals surface area (Å²) in [6.45, 7) is 0.882. The average molecular weight is 281 g/mol. The van der Waals surface area contributed by atoms with Crippen molar-refractivity contribution >= 4 is 15.9 Å². The Balaban J connectivity index is 2.33. The number of benzene rings is 1. The molecule has 2 aromatic rings. The van der Waals surface area contributed by atoms with Crippen molar-refractivity contribution in [1.29, 1.82) is 0 Å². The van der Waals surface area contributed by atoms with Crippen molar-refractivity contribution in [3.8, 4) is 11.1 Å². The molecule has 0 atom stereocenters. The molecule has 84 valence electrons. The average Bonchev–Trinajstić information content (AvgIpc) is 2.75. The molecule has 0 fully saturated rings. The molecule has 0 spiro atoms.